The Kier molecular flexibility index (Phi) is 4.47. The normalized spacial score (nSPS) is 13.2. The second-order valence-electron chi connectivity index (χ2n) is 6.05. The monoisotopic (exact) mass is 339 g/mol. The summed E-state index contributed by atoms with van der Waals surface area (Å²) in [5.41, 5.74) is 2.00. The van der Waals surface area contributed by atoms with E-state index in [9.17, 15) is 19.7 Å². The number of carbonyl (C=O) groups excluding carboxylic acids is 2. The molecular formula is C18H17N3O4. The number of nitro benzene ring substituents is 1. The Balaban J connectivity index is 1.65. The summed E-state index contributed by atoms with van der Waals surface area (Å²) in [5.74, 6) is -0.198. The minimum Gasteiger partial charge on any atom is -0.326 e. The highest BCUT2D eigenvalue weighted by molar-refractivity contribution is 6.04. The molecule has 1 fully saturated rings. The number of nitrogens with zero attached hydrogens (tertiary/aromatic N) is 1. The van der Waals surface area contributed by atoms with E-state index in [1.807, 2.05) is 0 Å². The Labute approximate surface area is 144 Å². The number of hydrogen-bond acceptors (Lipinski definition) is 4. The molecule has 0 unspecified atom stereocenters. The third-order valence-corrected chi connectivity index (χ3v) is 4.01. The van der Waals surface area contributed by atoms with Crippen molar-refractivity contribution in [2.45, 2.75) is 19.8 Å². The zero-order chi connectivity index (χ0) is 18.0. The molecule has 3 rings (SSSR count). The van der Waals surface area contributed by atoms with Crippen LogP contribution in [0.25, 0.3) is 0 Å². The van der Waals surface area contributed by atoms with E-state index in [2.05, 4.69) is 10.6 Å². The number of anilines is 2. The molecule has 1 saturated carbocycles. The summed E-state index contributed by atoms with van der Waals surface area (Å²) in [5, 5.41) is 16.4. The predicted octanol–water partition coefficient (Wildman–Crippen LogP) is 3.50. The molecule has 0 aromatic heterocycles. The molecule has 1 aliphatic carbocycles. The molecule has 7 nitrogen and oxygen atoms in total. The molecule has 0 radical (unpaired) electrons. The van der Waals surface area contributed by atoms with Crippen molar-refractivity contribution in [2.24, 2.45) is 5.92 Å². The van der Waals surface area contributed by atoms with E-state index in [0.717, 1.165) is 12.8 Å². The number of nitrogens with one attached hydrogen (secondary N) is 2. The minimum atomic E-state index is -0.480. The van der Waals surface area contributed by atoms with Gasteiger partial charge in [-0.3, -0.25) is 19.7 Å². The van der Waals surface area contributed by atoms with Gasteiger partial charge in [0, 0.05) is 34.5 Å². The van der Waals surface area contributed by atoms with E-state index >= 15 is 0 Å². The van der Waals surface area contributed by atoms with Crippen LogP contribution in [0.2, 0.25) is 0 Å². The summed E-state index contributed by atoms with van der Waals surface area (Å²) in [6, 6.07) is 11.1. The molecule has 7 heteroatoms. The predicted molar refractivity (Wildman–Crippen MR) is 93.6 cm³/mol. The van der Waals surface area contributed by atoms with Crippen molar-refractivity contribution < 1.29 is 14.5 Å². The third kappa shape index (κ3) is 4.00. The number of aryl methyl sites for hydroxylation is 1. The zero-order valence-corrected chi connectivity index (χ0v) is 13.6. The van der Waals surface area contributed by atoms with E-state index in [0.29, 0.717) is 22.5 Å². The van der Waals surface area contributed by atoms with Crippen LogP contribution in [-0.2, 0) is 4.79 Å². The summed E-state index contributed by atoms with van der Waals surface area (Å²) in [6.45, 7) is 1.59. The van der Waals surface area contributed by atoms with Gasteiger partial charge in [-0.25, -0.2) is 0 Å². The van der Waals surface area contributed by atoms with Crippen LogP contribution in [-0.4, -0.2) is 16.7 Å². The van der Waals surface area contributed by atoms with Crippen molar-refractivity contribution in [3.05, 3.63) is 63.7 Å². The van der Waals surface area contributed by atoms with Gasteiger partial charge >= 0.3 is 0 Å². The highest BCUT2D eigenvalue weighted by Gasteiger charge is 2.29. The summed E-state index contributed by atoms with van der Waals surface area (Å²) in [4.78, 5) is 34.3. The van der Waals surface area contributed by atoms with Gasteiger partial charge in [-0.15, -0.1) is 0 Å². The first-order chi connectivity index (χ1) is 11.9. The maximum absolute atomic E-state index is 12.3. The van der Waals surface area contributed by atoms with Crippen molar-refractivity contribution in [1.82, 2.24) is 0 Å². The van der Waals surface area contributed by atoms with Gasteiger partial charge in [0.05, 0.1) is 4.92 Å². The Morgan fingerprint density at radius 3 is 2.16 bits per heavy atom. The fourth-order valence-corrected chi connectivity index (χ4v) is 2.43. The molecule has 2 amide bonds. The molecule has 2 aromatic carbocycles. The van der Waals surface area contributed by atoms with Gasteiger partial charge in [-0.05, 0) is 56.2 Å². The smallest absolute Gasteiger partial charge is 0.272 e. The quantitative estimate of drug-likeness (QED) is 0.643. The largest absolute Gasteiger partial charge is 0.326 e. The first kappa shape index (κ1) is 16.6. The summed E-state index contributed by atoms with van der Waals surface area (Å²) >= 11 is 0. The molecule has 0 saturated heterocycles. The number of hydrogen-bond donors (Lipinski definition) is 2. The molecule has 1 aliphatic rings. The molecule has 2 N–H and O–H groups in total. The summed E-state index contributed by atoms with van der Waals surface area (Å²) in [7, 11) is 0. The lowest BCUT2D eigenvalue weighted by Crippen LogP contribution is -2.14. The number of rotatable bonds is 5. The van der Waals surface area contributed by atoms with Crippen LogP contribution in [0.15, 0.2) is 42.5 Å². The van der Waals surface area contributed by atoms with Crippen LogP contribution >= 0.6 is 0 Å². The number of benzene rings is 2. The lowest BCUT2D eigenvalue weighted by Gasteiger charge is -2.08. The summed E-state index contributed by atoms with van der Waals surface area (Å²) in [6.07, 6.45) is 1.88. The first-order valence-electron chi connectivity index (χ1n) is 7.91. The second-order valence-corrected chi connectivity index (χ2v) is 6.05. The Morgan fingerprint density at radius 1 is 1.04 bits per heavy atom. The van der Waals surface area contributed by atoms with Gasteiger partial charge in [0.15, 0.2) is 0 Å². The lowest BCUT2D eigenvalue weighted by atomic mass is 10.1. The Morgan fingerprint density at radius 2 is 1.64 bits per heavy atom. The fraction of sp³-hybridized carbons (Fsp3) is 0.222. The second kappa shape index (κ2) is 6.72. The number of carbonyl (C=O) groups is 2. The van der Waals surface area contributed by atoms with Crippen molar-refractivity contribution in [2.75, 3.05) is 10.6 Å². The van der Waals surface area contributed by atoms with E-state index in [1.54, 1.807) is 31.2 Å². The molecule has 0 atom stereocenters. The summed E-state index contributed by atoms with van der Waals surface area (Å²) < 4.78 is 0. The van der Waals surface area contributed by atoms with E-state index in [-0.39, 0.29) is 23.4 Å². The molecule has 0 spiro atoms. The molecule has 0 aliphatic heterocycles. The van der Waals surface area contributed by atoms with Gasteiger partial charge in [-0.1, -0.05) is 0 Å². The van der Waals surface area contributed by atoms with Crippen molar-refractivity contribution in [3.8, 4) is 0 Å². The minimum absolute atomic E-state index is 0.0210. The number of amides is 2. The van der Waals surface area contributed by atoms with Crippen LogP contribution in [0.4, 0.5) is 17.1 Å². The standard InChI is InChI=1S/C18H17N3O4/c1-11-10-13(4-9-16(11)21(24)25)18(23)20-15-7-5-14(6-8-15)19-17(22)12-2-3-12/h4-10,12H,2-3H2,1H3,(H,19,22)(H,20,23). The van der Waals surface area contributed by atoms with Crippen LogP contribution in [0, 0.1) is 23.0 Å². The van der Waals surface area contributed by atoms with Gasteiger partial charge in [-0.2, -0.15) is 0 Å². The van der Waals surface area contributed by atoms with E-state index in [4.69, 9.17) is 0 Å². The van der Waals surface area contributed by atoms with Crippen LogP contribution < -0.4 is 10.6 Å². The van der Waals surface area contributed by atoms with Crippen LogP contribution in [0.5, 0.6) is 0 Å². The van der Waals surface area contributed by atoms with E-state index in [1.165, 1.54) is 18.2 Å². The average Bonchev–Trinajstić information content (AvgIpc) is 3.41. The van der Waals surface area contributed by atoms with Gasteiger partial charge < -0.3 is 10.6 Å². The average molecular weight is 339 g/mol. The molecule has 25 heavy (non-hydrogen) atoms. The maximum Gasteiger partial charge on any atom is 0.272 e. The van der Waals surface area contributed by atoms with Gasteiger partial charge in [0.2, 0.25) is 5.91 Å². The van der Waals surface area contributed by atoms with E-state index < -0.39 is 4.92 Å². The lowest BCUT2D eigenvalue weighted by molar-refractivity contribution is -0.385. The molecule has 0 heterocycles. The van der Waals surface area contributed by atoms with Crippen molar-refractivity contribution in [3.63, 3.8) is 0 Å². The fourth-order valence-electron chi connectivity index (χ4n) is 2.43. The SMILES string of the molecule is Cc1cc(C(=O)Nc2ccc(NC(=O)C3CC3)cc2)ccc1[N+](=O)[O-]. The molecule has 2 aromatic rings. The van der Waals surface area contributed by atoms with Crippen LogP contribution in [0.1, 0.15) is 28.8 Å². The molecule has 128 valence electrons. The first-order valence-corrected chi connectivity index (χ1v) is 7.91. The maximum atomic E-state index is 12.3. The highest BCUT2D eigenvalue weighted by atomic mass is 16.6. The van der Waals surface area contributed by atoms with Crippen molar-refractivity contribution >= 4 is 28.9 Å². The third-order valence-electron chi connectivity index (χ3n) is 4.01. The number of nitro groups is 1. The zero-order valence-electron chi connectivity index (χ0n) is 13.6. The highest BCUT2D eigenvalue weighted by Crippen LogP contribution is 2.30. The Hall–Kier alpha value is -3.22. The topological polar surface area (TPSA) is 101 Å². The molecule has 0 bridgehead atoms. The molecular weight excluding hydrogens is 322 g/mol. The van der Waals surface area contributed by atoms with Gasteiger partial charge in [0.25, 0.3) is 11.6 Å². The van der Waals surface area contributed by atoms with Crippen LogP contribution in [0.3, 0.4) is 0 Å². The van der Waals surface area contributed by atoms with Gasteiger partial charge in [0.1, 0.15) is 0 Å². The van der Waals surface area contributed by atoms with Crippen molar-refractivity contribution in [1.29, 1.82) is 0 Å². The Bertz CT molecular complexity index is 842.